The Morgan fingerprint density at radius 1 is 0.252 bits per heavy atom. The van der Waals surface area contributed by atoms with Crippen LogP contribution in [-0.2, 0) is 96.6 Å². The normalized spacial score (nSPS) is 24.0. The number of phenolic OH excluding ortho intramolecular Hbond substituents is 18. The zero-order valence-corrected chi connectivity index (χ0v) is 66.8. The number of phenols is 18. The summed E-state index contributed by atoms with van der Waals surface area (Å²) in [6, 6.07) is 0.203. The topological polar surface area (TPSA) is 857 Å². The van der Waals surface area contributed by atoms with E-state index in [0.717, 1.165) is 13.8 Å². The first-order chi connectivity index (χ1) is 63.3. The number of ether oxygens (including phenoxy) is 10. The van der Waals surface area contributed by atoms with Gasteiger partial charge in [-0.15, -0.1) is 0 Å². The number of cyclic esters (lactones) is 2. The average molecular weight is 1870 g/mol. The largest absolute Gasteiger partial charge is 0.504 e. The number of fused-ring (bicyclic) bond motifs is 18. The molecule has 4 aliphatic carbocycles. The molecule has 9 heterocycles. The number of aliphatic hydroxyl groups excluding tert-OH is 8. The van der Waals surface area contributed by atoms with Crippen molar-refractivity contribution in [2.24, 2.45) is 0 Å². The van der Waals surface area contributed by atoms with E-state index in [0.29, 0.717) is 0 Å². The number of esters is 10. The van der Waals surface area contributed by atoms with E-state index in [1.807, 2.05) is 0 Å². The fourth-order valence-corrected chi connectivity index (χ4v) is 18.5. The molecule has 13 aliphatic rings. The number of carbonyl (C=O) groups is 14. The smallest absolute Gasteiger partial charge is 0.340 e. The van der Waals surface area contributed by atoms with E-state index in [4.69, 9.17) is 47.4 Å². The van der Waals surface area contributed by atoms with Gasteiger partial charge in [0.25, 0.3) is 0 Å². The zero-order valence-electron chi connectivity index (χ0n) is 66.8. The first-order valence-electron chi connectivity index (χ1n) is 38.2. The van der Waals surface area contributed by atoms with Crippen LogP contribution in [0.25, 0.3) is 44.5 Å². The minimum absolute atomic E-state index is 0.0359. The molecule has 0 radical (unpaired) electrons. The van der Waals surface area contributed by atoms with Gasteiger partial charge in [0.1, 0.15) is 13.2 Å². The second kappa shape index (κ2) is 28.4. The van der Waals surface area contributed by atoms with Gasteiger partial charge >= 0.3 is 59.7 Å². The maximum Gasteiger partial charge on any atom is 0.340 e. The Morgan fingerprint density at radius 3 is 0.963 bits per heavy atom. The molecule has 50 heteroatoms. The van der Waals surface area contributed by atoms with Gasteiger partial charge in [0, 0.05) is 107 Å². The SMILES string of the molecule is CC1(C)c2c(O)c(O)c(O)c3c2C(=O)OC1C1OC(=O)c2c(c(O)c(O)c(O)c2-3)-c2c(cc(O)c(O)c2O)C(=O)OC2COC(=O)C3=C([C@@]4(C)c5c(O)c(O)c(O)c6c5C(=O)OC4C4OC(=O)c5c(c(O)c(O)c(O)c5-6)-c5c(cc(O)c(O)c5O)C(=O)OC5COC(=O)C6=CC(=O)C(O)=C(O)C6=C6C(=CC(=O)C(O)=C6O)C(=O)OC54)C(=O)C(O)=C(O)C3=C3C(=CC(=O)C(O)=C3O)C(=O)OC21. The fourth-order valence-electron chi connectivity index (χ4n) is 18.5. The molecule has 10 bridgehead atoms. The Bertz CT molecular complexity index is 7370. The molecular weight excluding hydrogens is 1820 g/mol. The molecular formula is C85H52O50. The molecule has 135 heavy (non-hydrogen) atoms. The summed E-state index contributed by atoms with van der Waals surface area (Å²) in [6.07, 6.45) is -26.7. The predicted octanol–water partition coefficient (Wildman–Crippen LogP) is 2.77. The van der Waals surface area contributed by atoms with Crippen molar-refractivity contribution in [1.29, 1.82) is 0 Å². The summed E-state index contributed by atoms with van der Waals surface area (Å²) in [5.74, 6) is -82.0. The van der Waals surface area contributed by atoms with Crippen molar-refractivity contribution in [2.75, 3.05) is 13.2 Å². The van der Waals surface area contributed by atoms with Crippen LogP contribution in [0.3, 0.4) is 0 Å². The summed E-state index contributed by atoms with van der Waals surface area (Å²) in [5, 5.41) is 311. The van der Waals surface area contributed by atoms with Gasteiger partial charge in [-0.05, 0) is 19.1 Å². The van der Waals surface area contributed by atoms with Gasteiger partial charge in [0.2, 0.25) is 80.7 Å². The quantitative estimate of drug-likeness (QED) is 0.0639. The monoisotopic (exact) mass is 1870 g/mol. The zero-order chi connectivity index (χ0) is 98.2. The van der Waals surface area contributed by atoms with Crippen LogP contribution in [-0.4, -0.2) is 278 Å². The third kappa shape index (κ3) is 11.2. The molecule has 6 aromatic carbocycles. The number of Topliss-reactive ketones (excluding diaryl/α,β-unsaturated/α-hetero) is 1. The first-order valence-corrected chi connectivity index (χ1v) is 38.2. The van der Waals surface area contributed by atoms with E-state index in [1.54, 1.807) is 0 Å². The van der Waals surface area contributed by atoms with E-state index >= 15 is 52.7 Å². The Balaban J connectivity index is 0.968. The summed E-state index contributed by atoms with van der Waals surface area (Å²) in [5.41, 5.74) is -49.3. The highest BCUT2D eigenvalue weighted by Gasteiger charge is 2.67. The summed E-state index contributed by atoms with van der Waals surface area (Å²) < 4.78 is 59.6. The third-order valence-corrected chi connectivity index (χ3v) is 24.6. The standard InChI is InChI=1S/C85H52O50/c1-84(2)40-37-33(58(106)65(113)60(40)108)31-35-28(53(101)63(111)56(31)104)25-14(7-19(89)45(93)50(25)98)76(118)129-22-10-127-79(121)38-30(27-15(8-20(90)47(95)52(27)100)78(120)130-68(22)70(132-80(35)122)72(84)134-82(37)124)55(103)66(114)61(109)41(38)85(3)42-39-34(59(107)67(115)62(42)110)32-36-29(54(102)64(112)57(32)105)26-13(6-18(88)46(94)51(26)99)75(117)128-21-9-126-74(116)11-4-16(86)43(91)48(96)23(11)24-12(5-17(87)44(92)49(24)97)77(119)131-69(21)71(133-81(36)123)73(85)135-83(39)125/h4-8,21-22,68-73,88-89,91-108,110-115H,9-10H2,1-3H3/t21?,22?,68?,69?,70?,71?,72?,73?,85-/m0/s1. The fraction of sp³-hybridized carbons (Fsp3) is 0.176. The molecule has 0 amide bonds. The maximum atomic E-state index is 17.0. The molecule has 26 N–H and O–H groups in total. The molecule has 6 aromatic rings. The van der Waals surface area contributed by atoms with Crippen LogP contribution in [0.1, 0.15) is 94.0 Å². The summed E-state index contributed by atoms with van der Waals surface area (Å²) in [6.45, 7) is -2.10. The highest BCUT2D eigenvalue weighted by atomic mass is 16.7. The second-order valence-electron chi connectivity index (χ2n) is 32.0. The minimum Gasteiger partial charge on any atom is -0.504 e. The number of aliphatic hydroxyl groups is 8. The highest BCUT2D eigenvalue weighted by Crippen LogP contribution is 2.68. The number of aromatic hydroxyl groups is 18. The highest BCUT2D eigenvalue weighted by molar-refractivity contribution is 6.24. The third-order valence-electron chi connectivity index (χ3n) is 24.6. The number of hydrogen-bond donors (Lipinski definition) is 26. The van der Waals surface area contributed by atoms with Crippen molar-refractivity contribution in [3.05, 3.63) is 171 Å². The average Bonchev–Trinajstić information content (AvgIpc) is 1.34. The number of ketones is 4. The van der Waals surface area contributed by atoms with Crippen molar-refractivity contribution in [2.45, 2.75) is 80.4 Å². The van der Waals surface area contributed by atoms with Gasteiger partial charge in [-0.2, -0.15) is 0 Å². The van der Waals surface area contributed by atoms with E-state index < -0.39 is 444 Å². The van der Waals surface area contributed by atoms with Crippen LogP contribution in [0.15, 0.2) is 127 Å². The number of benzene rings is 6. The van der Waals surface area contributed by atoms with Crippen LogP contribution < -0.4 is 0 Å². The Labute approximate surface area is 740 Å². The molecule has 0 saturated heterocycles. The molecule has 50 nitrogen and oxygen atoms in total. The van der Waals surface area contributed by atoms with Crippen molar-refractivity contribution < 1.29 is 247 Å². The van der Waals surface area contributed by atoms with E-state index in [1.165, 1.54) is 0 Å². The van der Waals surface area contributed by atoms with Gasteiger partial charge in [-0.3, -0.25) is 19.2 Å². The molecule has 0 fully saturated rings. The minimum atomic E-state index is -4.22. The van der Waals surface area contributed by atoms with E-state index in [2.05, 4.69) is 0 Å². The lowest BCUT2D eigenvalue weighted by atomic mass is 9.60. The van der Waals surface area contributed by atoms with Gasteiger partial charge < -0.3 is 180 Å². The lowest BCUT2D eigenvalue weighted by Gasteiger charge is -2.49. The molecule has 9 aliphatic heterocycles. The van der Waals surface area contributed by atoms with Crippen LogP contribution in [0, 0.1) is 0 Å². The van der Waals surface area contributed by atoms with Gasteiger partial charge in [-0.25, -0.2) is 47.9 Å². The molecule has 692 valence electrons. The molecule has 8 unspecified atom stereocenters. The molecule has 0 aromatic heterocycles. The lowest BCUT2D eigenvalue weighted by molar-refractivity contribution is -0.180. The molecule has 0 saturated carbocycles. The van der Waals surface area contributed by atoms with Gasteiger partial charge in [-0.1, -0.05) is 13.8 Å². The predicted molar refractivity (Wildman–Crippen MR) is 416 cm³/mol. The summed E-state index contributed by atoms with van der Waals surface area (Å²) in [7, 11) is 0. The maximum absolute atomic E-state index is 17.0. The summed E-state index contributed by atoms with van der Waals surface area (Å²) in [4.78, 5) is 218. The number of allylic oxidation sites excluding steroid dienone is 8. The van der Waals surface area contributed by atoms with E-state index in [-0.39, 0.29) is 37.3 Å². The Morgan fingerprint density at radius 2 is 0.556 bits per heavy atom. The van der Waals surface area contributed by atoms with Crippen molar-refractivity contribution in [3.8, 4) is 148 Å². The van der Waals surface area contributed by atoms with Crippen LogP contribution in [0.4, 0.5) is 0 Å². The summed E-state index contributed by atoms with van der Waals surface area (Å²) >= 11 is 0. The van der Waals surface area contributed by atoms with E-state index in [9.17, 15) is 147 Å². The van der Waals surface area contributed by atoms with Crippen molar-refractivity contribution >= 4 is 82.8 Å². The Kier molecular flexibility index (Phi) is 18.3. The number of rotatable bonds is 1. The first kappa shape index (κ1) is 86.6. The van der Waals surface area contributed by atoms with Gasteiger partial charge in [0.15, 0.2) is 141 Å². The second-order valence-corrected chi connectivity index (χ2v) is 32.0. The number of hydrogen-bond acceptors (Lipinski definition) is 50. The molecule has 0 spiro atoms. The number of carbonyl (C=O) groups excluding carboxylic acids is 14. The van der Waals surface area contributed by atoms with Crippen molar-refractivity contribution in [1.82, 2.24) is 0 Å². The molecule has 19 rings (SSSR count). The van der Waals surface area contributed by atoms with Crippen LogP contribution >= 0.6 is 0 Å². The lowest BCUT2D eigenvalue weighted by Crippen LogP contribution is -2.62. The van der Waals surface area contributed by atoms with Crippen LogP contribution in [0.5, 0.6) is 103 Å². The van der Waals surface area contributed by atoms with Crippen LogP contribution in [0.2, 0.25) is 0 Å². The van der Waals surface area contributed by atoms with Crippen molar-refractivity contribution in [3.63, 3.8) is 0 Å². The molecule has 9 atom stereocenters. The Hall–Kier alpha value is -19.1. The van der Waals surface area contributed by atoms with Gasteiger partial charge in [0.05, 0.1) is 61.1 Å².